The Morgan fingerprint density at radius 1 is 1.29 bits per heavy atom. The van der Waals surface area contributed by atoms with Crippen LogP contribution in [0.1, 0.15) is 29.7 Å². The molecule has 21 heavy (non-hydrogen) atoms. The molecule has 3 rings (SSSR count). The van der Waals surface area contributed by atoms with E-state index in [1.54, 1.807) is 6.07 Å². The Bertz CT molecular complexity index is 633. The molecular formula is C17H19FN2S. The number of rotatable bonds is 5. The van der Waals surface area contributed by atoms with Gasteiger partial charge in [-0.25, -0.2) is 9.37 Å². The molecule has 2 nitrogen and oxygen atoms in total. The molecule has 1 aromatic carbocycles. The lowest BCUT2D eigenvalue weighted by molar-refractivity contribution is 0.579. The van der Waals surface area contributed by atoms with Gasteiger partial charge < -0.3 is 5.32 Å². The molecule has 0 amide bonds. The molecule has 4 heteroatoms. The lowest BCUT2D eigenvalue weighted by atomic mass is 10.2. The van der Waals surface area contributed by atoms with Gasteiger partial charge in [0, 0.05) is 28.7 Å². The Balaban J connectivity index is 1.84. The zero-order valence-corrected chi connectivity index (χ0v) is 13.1. The van der Waals surface area contributed by atoms with Crippen molar-refractivity contribution in [3.05, 3.63) is 53.0 Å². The second-order valence-corrected chi connectivity index (χ2v) is 6.66. The molecule has 0 aliphatic heterocycles. The number of nitrogens with one attached hydrogen (secondary N) is 1. The maximum Gasteiger partial charge on any atom is 0.128 e. The van der Waals surface area contributed by atoms with E-state index in [1.807, 2.05) is 25.1 Å². The first-order chi connectivity index (χ1) is 10.1. The van der Waals surface area contributed by atoms with Crippen LogP contribution in [-0.2, 0) is 6.54 Å². The molecule has 0 bridgehead atoms. The van der Waals surface area contributed by atoms with E-state index in [-0.39, 0.29) is 5.82 Å². The molecular weight excluding hydrogens is 283 g/mol. The number of nitrogens with zero attached hydrogens (tertiary/aromatic N) is 1. The minimum atomic E-state index is -0.141. The monoisotopic (exact) mass is 302 g/mol. The Morgan fingerprint density at radius 3 is 2.81 bits per heavy atom. The third-order valence-corrected chi connectivity index (χ3v) is 4.53. The normalized spacial score (nSPS) is 14.4. The van der Waals surface area contributed by atoms with Gasteiger partial charge in [-0.2, -0.15) is 0 Å². The van der Waals surface area contributed by atoms with Crippen LogP contribution < -0.4 is 5.32 Å². The molecule has 1 heterocycles. The van der Waals surface area contributed by atoms with E-state index >= 15 is 0 Å². The van der Waals surface area contributed by atoms with Crippen molar-refractivity contribution < 1.29 is 4.39 Å². The summed E-state index contributed by atoms with van der Waals surface area (Å²) in [5.74, 6) is -0.141. The Kier molecular flexibility index (Phi) is 4.27. The maximum absolute atomic E-state index is 14.1. The second-order valence-electron chi connectivity index (χ2n) is 5.60. The van der Waals surface area contributed by atoms with E-state index in [1.165, 1.54) is 36.2 Å². The molecule has 1 fully saturated rings. The van der Waals surface area contributed by atoms with Gasteiger partial charge in [0.05, 0.1) is 0 Å². The molecule has 0 saturated heterocycles. The van der Waals surface area contributed by atoms with Crippen molar-refractivity contribution in [1.29, 1.82) is 0 Å². The third kappa shape index (κ3) is 3.83. The van der Waals surface area contributed by atoms with Gasteiger partial charge in [-0.15, -0.1) is 0 Å². The van der Waals surface area contributed by atoms with Gasteiger partial charge in [-0.05, 0) is 56.5 Å². The summed E-state index contributed by atoms with van der Waals surface area (Å²) < 4.78 is 14.1. The second kappa shape index (κ2) is 6.16. The highest BCUT2D eigenvalue weighted by Gasteiger charge is 2.21. The number of aryl methyl sites for hydroxylation is 2. The van der Waals surface area contributed by atoms with Crippen LogP contribution in [0, 0.1) is 19.7 Å². The third-order valence-electron chi connectivity index (χ3n) is 3.51. The molecule has 0 unspecified atom stereocenters. The summed E-state index contributed by atoms with van der Waals surface area (Å²) in [6, 6.07) is 9.92. The molecule has 0 spiro atoms. The standard InChI is InChI=1S/C17H19FN2S/c1-11-8-12(2)20-17(9-11)21-16-5-3-4-15(18)14(16)10-19-13-6-7-13/h3-5,8-9,13,19H,6-7,10H2,1-2H3. The van der Waals surface area contributed by atoms with Crippen molar-refractivity contribution in [1.82, 2.24) is 10.3 Å². The van der Waals surface area contributed by atoms with Crippen LogP contribution in [0.2, 0.25) is 0 Å². The molecule has 0 radical (unpaired) electrons. The van der Waals surface area contributed by atoms with Gasteiger partial charge in [-0.1, -0.05) is 17.8 Å². The molecule has 2 aromatic rings. The molecule has 0 atom stereocenters. The van der Waals surface area contributed by atoms with Crippen molar-refractivity contribution in [3.8, 4) is 0 Å². The summed E-state index contributed by atoms with van der Waals surface area (Å²) in [6.07, 6.45) is 2.41. The van der Waals surface area contributed by atoms with E-state index in [0.717, 1.165) is 21.2 Å². The smallest absolute Gasteiger partial charge is 0.128 e. The average molecular weight is 302 g/mol. The number of aromatic nitrogens is 1. The predicted octanol–water partition coefficient (Wildman–Crippen LogP) is 4.24. The van der Waals surface area contributed by atoms with Crippen LogP contribution >= 0.6 is 11.8 Å². The Morgan fingerprint density at radius 2 is 2.10 bits per heavy atom. The molecule has 1 aliphatic rings. The van der Waals surface area contributed by atoms with Crippen molar-refractivity contribution in [2.75, 3.05) is 0 Å². The van der Waals surface area contributed by atoms with Crippen LogP contribution in [-0.4, -0.2) is 11.0 Å². The van der Waals surface area contributed by atoms with Crippen molar-refractivity contribution in [2.45, 2.75) is 49.2 Å². The first kappa shape index (κ1) is 14.5. The molecule has 1 N–H and O–H groups in total. The summed E-state index contributed by atoms with van der Waals surface area (Å²) in [7, 11) is 0. The van der Waals surface area contributed by atoms with E-state index in [9.17, 15) is 4.39 Å². The number of hydrogen-bond donors (Lipinski definition) is 1. The Labute approximate surface area is 129 Å². The predicted molar refractivity (Wildman–Crippen MR) is 84.1 cm³/mol. The van der Waals surface area contributed by atoms with Gasteiger partial charge in [0.25, 0.3) is 0 Å². The number of hydrogen-bond acceptors (Lipinski definition) is 3. The first-order valence-corrected chi connectivity index (χ1v) is 8.07. The largest absolute Gasteiger partial charge is 0.310 e. The minimum absolute atomic E-state index is 0.141. The highest BCUT2D eigenvalue weighted by Crippen LogP contribution is 2.32. The van der Waals surface area contributed by atoms with Gasteiger partial charge in [0.1, 0.15) is 10.8 Å². The van der Waals surface area contributed by atoms with Gasteiger partial charge >= 0.3 is 0 Å². The van der Waals surface area contributed by atoms with Crippen LogP contribution in [0.3, 0.4) is 0 Å². The Hall–Kier alpha value is -1.39. The fourth-order valence-corrected chi connectivity index (χ4v) is 3.41. The van der Waals surface area contributed by atoms with Gasteiger partial charge in [0.15, 0.2) is 0 Å². The topological polar surface area (TPSA) is 24.9 Å². The number of benzene rings is 1. The maximum atomic E-state index is 14.1. The van der Waals surface area contributed by atoms with Crippen LogP contribution in [0.4, 0.5) is 4.39 Å². The summed E-state index contributed by atoms with van der Waals surface area (Å²) in [6.45, 7) is 4.63. The fourth-order valence-electron chi connectivity index (χ4n) is 2.31. The summed E-state index contributed by atoms with van der Waals surface area (Å²) in [4.78, 5) is 5.47. The summed E-state index contributed by atoms with van der Waals surface area (Å²) >= 11 is 1.54. The zero-order valence-electron chi connectivity index (χ0n) is 12.3. The highest BCUT2D eigenvalue weighted by atomic mass is 32.2. The molecule has 110 valence electrons. The molecule has 1 aliphatic carbocycles. The minimum Gasteiger partial charge on any atom is -0.310 e. The quantitative estimate of drug-likeness (QED) is 0.894. The summed E-state index contributed by atoms with van der Waals surface area (Å²) in [5, 5.41) is 4.31. The summed E-state index contributed by atoms with van der Waals surface area (Å²) in [5.41, 5.74) is 2.92. The number of halogens is 1. The van der Waals surface area contributed by atoms with Gasteiger partial charge in [0.2, 0.25) is 0 Å². The SMILES string of the molecule is Cc1cc(C)nc(Sc2cccc(F)c2CNC2CC2)c1. The fraction of sp³-hybridized carbons (Fsp3) is 0.353. The van der Waals surface area contributed by atoms with Crippen molar-refractivity contribution >= 4 is 11.8 Å². The van der Waals surface area contributed by atoms with Gasteiger partial charge in [-0.3, -0.25) is 0 Å². The lowest BCUT2D eigenvalue weighted by Gasteiger charge is -2.11. The van der Waals surface area contributed by atoms with E-state index in [2.05, 4.69) is 17.2 Å². The molecule has 1 aromatic heterocycles. The van der Waals surface area contributed by atoms with E-state index < -0.39 is 0 Å². The van der Waals surface area contributed by atoms with Crippen molar-refractivity contribution in [2.24, 2.45) is 0 Å². The zero-order chi connectivity index (χ0) is 14.8. The number of pyridine rings is 1. The average Bonchev–Trinajstić information content (AvgIpc) is 3.21. The van der Waals surface area contributed by atoms with Crippen LogP contribution in [0.25, 0.3) is 0 Å². The first-order valence-electron chi connectivity index (χ1n) is 7.26. The lowest BCUT2D eigenvalue weighted by Crippen LogP contribution is -2.16. The van der Waals surface area contributed by atoms with Crippen LogP contribution in [0.15, 0.2) is 40.3 Å². The van der Waals surface area contributed by atoms with Crippen molar-refractivity contribution in [3.63, 3.8) is 0 Å². The van der Waals surface area contributed by atoms with E-state index in [0.29, 0.717) is 12.6 Å². The van der Waals surface area contributed by atoms with E-state index in [4.69, 9.17) is 0 Å². The van der Waals surface area contributed by atoms with Crippen LogP contribution in [0.5, 0.6) is 0 Å². The highest BCUT2D eigenvalue weighted by molar-refractivity contribution is 7.99. The molecule has 1 saturated carbocycles.